The molecule has 1 amide bonds. The lowest BCUT2D eigenvalue weighted by atomic mass is 10.2. The van der Waals surface area contributed by atoms with E-state index in [1.54, 1.807) is 0 Å². The molecule has 8 heteroatoms. The van der Waals surface area contributed by atoms with E-state index in [9.17, 15) is 17.6 Å². The van der Waals surface area contributed by atoms with Crippen molar-refractivity contribution in [3.05, 3.63) is 90.2 Å². The molecular formula is C21H19FN2O4S. The largest absolute Gasteiger partial charge is 0.492 e. The Morgan fingerprint density at radius 2 is 1.66 bits per heavy atom. The Balaban J connectivity index is 1.60. The van der Waals surface area contributed by atoms with Crippen LogP contribution in [0, 0.1) is 5.82 Å². The van der Waals surface area contributed by atoms with E-state index < -0.39 is 21.7 Å². The molecular weight excluding hydrogens is 395 g/mol. The van der Waals surface area contributed by atoms with Crippen LogP contribution < -0.4 is 14.8 Å². The normalized spacial score (nSPS) is 10.9. The highest BCUT2D eigenvalue weighted by Crippen LogP contribution is 2.17. The Kier molecular flexibility index (Phi) is 6.46. The molecule has 150 valence electrons. The molecule has 0 radical (unpaired) electrons. The number of carbonyl (C=O) groups excluding carboxylic acids is 1. The molecule has 0 bridgehead atoms. The van der Waals surface area contributed by atoms with Gasteiger partial charge in [-0.3, -0.25) is 9.52 Å². The Bertz CT molecular complexity index is 1070. The topological polar surface area (TPSA) is 84.5 Å². The molecule has 3 rings (SSSR count). The number of carbonyl (C=O) groups is 1. The van der Waals surface area contributed by atoms with Crippen molar-refractivity contribution < 1.29 is 22.3 Å². The number of para-hydroxylation sites is 1. The fourth-order valence-electron chi connectivity index (χ4n) is 2.49. The van der Waals surface area contributed by atoms with E-state index in [1.807, 2.05) is 30.3 Å². The molecule has 3 aromatic rings. The summed E-state index contributed by atoms with van der Waals surface area (Å²) >= 11 is 0. The van der Waals surface area contributed by atoms with Crippen molar-refractivity contribution in [2.24, 2.45) is 0 Å². The molecule has 0 aliphatic heterocycles. The van der Waals surface area contributed by atoms with Crippen LogP contribution in [0.15, 0.2) is 83.8 Å². The van der Waals surface area contributed by atoms with Gasteiger partial charge in [0.1, 0.15) is 18.2 Å². The molecule has 6 nitrogen and oxygen atoms in total. The van der Waals surface area contributed by atoms with Crippen molar-refractivity contribution >= 4 is 21.6 Å². The SMILES string of the molecule is O=C(NCCOc1ccccc1)c1cccc(S(=O)(=O)Nc2ccc(F)cc2)c1. The van der Waals surface area contributed by atoms with Gasteiger partial charge in [0.25, 0.3) is 15.9 Å². The Morgan fingerprint density at radius 3 is 2.38 bits per heavy atom. The third kappa shape index (κ3) is 5.79. The Hall–Kier alpha value is -3.39. The fourth-order valence-corrected chi connectivity index (χ4v) is 3.59. The summed E-state index contributed by atoms with van der Waals surface area (Å²) in [5, 5.41) is 2.68. The van der Waals surface area contributed by atoms with Crippen molar-refractivity contribution in [3.63, 3.8) is 0 Å². The number of benzene rings is 3. The molecule has 0 spiro atoms. The molecule has 2 N–H and O–H groups in total. The first kappa shape index (κ1) is 20.3. The van der Waals surface area contributed by atoms with Gasteiger partial charge in [0.15, 0.2) is 0 Å². The van der Waals surface area contributed by atoms with Gasteiger partial charge in [0, 0.05) is 11.3 Å². The lowest BCUT2D eigenvalue weighted by Crippen LogP contribution is -2.28. The lowest BCUT2D eigenvalue weighted by Gasteiger charge is -2.10. The summed E-state index contributed by atoms with van der Waals surface area (Å²) in [6.07, 6.45) is 0. The van der Waals surface area contributed by atoms with Crippen molar-refractivity contribution in [1.29, 1.82) is 0 Å². The summed E-state index contributed by atoms with van der Waals surface area (Å²) in [6.45, 7) is 0.540. The van der Waals surface area contributed by atoms with E-state index >= 15 is 0 Å². The minimum atomic E-state index is -3.92. The van der Waals surface area contributed by atoms with Crippen molar-refractivity contribution in [1.82, 2.24) is 5.32 Å². The summed E-state index contributed by atoms with van der Waals surface area (Å²) in [6, 6.07) is 19.8. The van der Waals surface area contributed by atoms with Crippen molar-refractivity contribution in [3.8, 4) is 5.75 Å². The van der Waals surface area contributed by atoms with Crippen LogP contribution in [-0.2, 0) is 10.0 Å². The second-order valence-electron chi connectivity index (χ2n) is 6.06. The van der Waals surface area contributed by atoms with E-state index in [0.717, 1.165) is 12.1 Å². The van der Waals surface area contributed by atoms with Gasteiger partial charge in [-0.05, 0) is 54.6 Å². The van der Waals surface area contributed by atoms with Gasteiger partial charge in [0.05, 0.1) is 11.4 Å². The van der Waals surface area contributed by atoms with Gasteiger partial charge in [-0.1, -0.05) is 24.3 Å². The predicted octanol–water partition coefficient (Wildman–Crippen LogP) is 3.44. The number of halogens is 1. The number of rotatable bonds is 8. The molecule has 3 aromatic carbocycles. The first-order valence-electron chi connectivity index (χ1n) is 8.78. The molecule has 0 saturated heterocycles. The molecule has 29 heavy (non-hydrogen) atoms. The number of hydrogen-bond donors (Lipinski definition) is 2. The monoisotopic (exact) mass is 414 g/mol. The van der Waals surface area contributed by atoms with Gasteiger partial charge in [-0.15, -0.1) is 0 Å². The minimum absolute atomic E-state index is 0.0741. The van der Waals surface area contributed by atoms with E-state index in [-0.39, 0.29) is 29.3 Å². The summed E-state index contributed by atoms with van der Waals surface area (Å²) in [4.78, 5) is 12.2. The van der Waals surface area contributed by atoms with Gasteiger partial charge in [0.2, 0.25) is 0 Å². The van der Waals surface area contributed by atoms with Gasteiger partial charge in [-0.2, -0.15) is 0 Å². The average molecular weight is 414 g/mol. The van der Waals surface area contributed by atoms with Crippen LogP contribution in [0.25, 0.3) is 0 Å². The maximum Gasteiger partial charge on any atom is 0.261 e. The van der Waals surface area contributed by atoms with Crippen molar-refractivity contribution in [2.75, 3.05) is 17.9 Å². The zero-order chi connectivity index (χ0) is 20.7. The number of ether oxygens (including phenoxy) is 1. The van der Waals surface area contributed by atoms with E-state index in [2.05, 4.69) is 10.0 Å². The molecule has 0 heterocycles. The van der Waals surface area contributed by atoms with Crippen LogP contribution in [-0.4, -0.2) is 27.5 Å². The van der Waals surface area contributed by atoms with Crippen LogP contribution in [0.4, 0.5) is 10.1 Å². The third-order valence-corrected chi connectivity index (χ3v) is 5.28. The Morgan fingerprint density at radius 1 is 0.931 bits per heavy atom. The molecule has 0 unspecified atom stereocenters. The van der Waals surface area contributed by atoms with E-state index in [0.29, 0.717) is 5.75 Å². The highest BCUT2D eigenvalue weighted by Gasteiger charge is 2.16. The minimum Gasteiger partial charge on any atom is -0.492 e. The highest BCUT2D eigenvalue weighted by atomic mass is 32.2. The maximum atomic E-state index is 13.0. The number of sulfonamides is 1. The van der Waals surface area contributed by atoms with E-state index in [1.165, 1.54) is 36.4 Å². The van der Waals surface area contributed by atoms with Crippen LogP contribution in [0.3, 0.4) is 0 Å². The summed E-state index contributed by atoms with van der Waals surface area (Å²) in [5.74, 6) is -0.190. The zero-order valence-corrected chi connectivity index (χ0v) is 16.2. The van der Waals surface area contributed by atoms with Gasteiger partial charge in [-0.25, -0.2) is 12.8 Å². The first-order chi connectivity index (χ1) is 13.9. The summed E-state index contributed by atoms with van der Waals surface area (Å²) in [5.41, 5.74) is 0.422. The third-order valence-electron chi connectivity index (χ3n) is 3.90. The molecule has 0 fully saturated rings. The van der Waals surface area contributed by atoms with Crippen molar-refractivity contribution in [2.45, 2.75) is 4.90 Å². The first-order valence-corrected chi connectivity index (χ1v) is 10.3. The lowest BCUT2D eigenvalue weighted by molar-refractivity contribution is 0.0947. The molecule has 0 aliphatic carbocycles. The van der Waals surface area contributed by atoms with Crippen LogP contribution in [0.1, 0.15) is 10.4 Å². The molecule has 0 saturated carbocycles. The second kappa shape index (κ2) is 9.20. The fraction of sp³-hybridized carbons (Fsp3) is 0.0952. The summed E-state index contributed by atoms with van der Waals surface area (Å²) in [7, 11) is -3.92. The molecule has 0 aromatic heterocycles. The molecule has 0 atom stereocenters. The van der Waals surface area contributed by atoms with Gasteiger partial charge < -0.3 is 10.1 Å². The predicted molar refractivity (Wildman–Crippen MR) is 108 cm³/mol. The van der Waals surface area contributed by atoms with E-state index in [4.69, 9.17) is 4.74 Å². The van der Waals surface area contributed by atoms with Crippen LogP contribution in [0.2, 0.25) is 0 Å². The smallest absolute Gasteiger partial charge is 0.261 e. The van der Waals surface area contributed by atoms with Gasteiger partial charge >= 0.3 is 0 Å². The standard InChI is InChI=1S/C21H19FN2O4S/c22-17-9-11-18(12-10-17)24-29(26,27)20-8-4-5-16(15-20)21(25)23-13-14-28-19-6-2-1-3-7-19/h1-12,15,24H,13-14H2,(H,23,25). The highest BCUT2D eigenvalue weighted by molar-refractivity contribution is 7.92. The Labute approximate surface area is 168 Å². The number of anilines is 1. The quantitative estimate of drug-likeness (QED) is 0.553. The average Bonchev–Trinajstić information content (AvgIpc) is 2.73. The van der Waals surface area contributed by atoms with Crippen LogP contribution >= 0.6 is 0 Å². The molecule has 0 aliphatic rings. The number of amides is 1. The number of hydrogen-bond acceptors (Lipinski definition) is 4. The second-order valence-corrected chi connectivity index (χ2v) is 7.74. The summed E-state index contributed by atoms with van der Waals surface area (Å²) < 4.78 is 45.9. The number of nitrogens with one attached hydrogen (secondary N) is 2. The maximum absolute atomic E-state index is 13.0. The van der Waals surface area contributed by atoms with Crippen LogP contribution in [0.5, 0.6) is 5.75 Å². The zero-order valence-electron chi connectivity index (χ0n) is 15.3.